The molecule has 1 heterocycles. The molecule has 0 amide bonds. The number of hydrogen-bond donors (Lipinski definition) is 7. The number of benzene rings is 3. The van der Waals surface area contributed by atoms with Crippen LogP contribution >= 0.6 is 0 Å². The lowest BCUT2D eigenvalue weighted by atomic mass is 9.95. The Bertz CT molecular complexity index is 2000. The van der Waals surface area contributed by atoms with Gasteiger partial charge in [0, 0.05) is 43.9 Å². The average molecular weight is 799 g/mol. The third-order valence-corrected chi connectivity index (χ3v) is 8.69. The molecule has 3 aromatic rings. The van der Waals surface area contributed by atoms with Gasteiger partial charge in [-0.3, -0.25) is 9.59 Å². The van der Waals surface area contributed by atoms with E-state index in [-0.39, 0.29) is 71.4 Å². The number of aliphatic hydroxyl groups excluding tert-OH is 1. The number of esters is 5. The van der Waals surface area contributed by atoms with E-state index in [0.29, 0.717) is 5.56 Å². The molecule has 0 saturated carbocycles. The summed E-state index contributed by atoms with van der Waals surface area (Å²) in [5.74, 6) is -7.05. The van der Waals surface area contributed by atoms with Crippen LogP contribution in [0.3, 0.4) is 0 Å². The van der Waals surface area contributed by atoms with Crippen molar-refractivity contribution >= 4 is 29.8 Å². The first-order chi connectivity index (χ1) is 26.7. The zero-order valence-corrected chi connectivity index (χ0v) is 31.9. The number of phenols is 6. The summed E-state index contributed by atoms with van der Waals surface area (Å²) in [7, 11) is 0. The highest BCUT2D eigenvalue weighted by molar-refractivity contribution is 5.96. The number of rotatable bonds is 16. The first kappa shape index (κ1) is 43.5. The summed E-state index contributed by atoms with van der Waals surface area (Å²) in [5, 5.41) is 70.7. The van der Waals surface area contributed by atoms with Gasteiger partial charge in [-0.25, -0.2) is 14.4 Å². The van der Waals surface area contributed by atoms with Crippen LogP contribution < -0.4 is 0 Å². The van der Waals surface area contributed by atoms with Crippen molar-refractivity contribution in [3.8, 4) is 34.5 Å². The topological polar surface area (TPSA) is 273 Å². The largest absolute Gasteiger partial charge is 0.508 e. The Hall–Kier alpha value is -6.23. The van der Waals surface area contributed by atoms with E-state index in [1.165, 1.54) is 52.8 Å². The predicted molar refractivity (Wildman–Crippen MR) is 196 cm³/mol. The van der Waals surface area contributed by atoms with Crippen LogP contribution in [-0.4, -0.2) is 102 Å². The molecule has 0 spiro atoms. The summed E-state index contributed by atoms with van der Waals surface area (Å²) < 4.78 is 27.0. The summed E-state index contributed by atoms with van der Waals surface area (Å²) in [6, 6.07) is 6.57. The number of phenolic OH excluding ortho intramolecular Hbond substituents is 6. The molecule has 7 N–H and O–H groups in total. The maximum absolute atomic E-state index is 13.3. The van der Waals surface area contributed by atoms with Crippen molar-refractivity contribution in [2.24, 2.45) is 0 Å². The molecule has 4 rings (SSSR count). The van der Waals surface area contributed by atoms with Gasteiger partial charge in [0.05, 0.1) is 18.9 Å². The minimum atomic E-state index is -1.09. The summed E-state index contributed by atoms with van der Waals surface area (Å²) in [5.41, 5.74) is -0.217. The molecule has 57 heavy (non-hydrogen) atoms. The smallest absolute Gasteiger partial charge is 0.342 e. The maximum Gasteiger partial charge on any atom is 0.342 e. The number of hydrogen-bond acceptors (Lipinski definition) is 17. The molecule has 0 aliphatic carbocycles. The van der Waals surface area contributed by atoms with E-state index in [9.17, 15) is 59.7 Å². The van der Waals surface area contributed by atoms with Gasteiger partial charge >= 0.3 is 29.8 Å². The molecule has 0 aromatic heterocycles. The van der Waals surface area contributed by atoms with Crippen LogP contribution in [0.15, 0.2) is 36.4 Å². The normalized spacial score (nSPS) is 16.2. The lowest BCUT2D eigenvalue weighted by molar-refractivity contribution is -0.151. The molecule has 0 radical (unpaired) electrons. The van der Waals surface area contributed by atoms with Crippen LogP contribution in [0.2, 0.25) is 0 Å². The summed E-state index contributed by atoms with van der Waals surface area (Å²) in [6.07, 6.45) is -6.34. The second-order valence-corrected chi connectivity index (χ2v) is 14.2. The zero-order valence-electron chi connectivity index (χ0n) is 31.9. The molecule has 0 fully saturated rings. The quantitative estimate of drug-likeness (QED) is 0.0797. The summed E-state index contributed by atoms with van der Waals surface area (Å²) >= 11 is 0. The van der Waals surface area contributed by atoms with Crippen LogP contribution in [-0.2, 0) is 52.5 Å². The minimum absolute atomic E-state index is 0.0192. The van der Waals surface area contributed by atoms with Gasteiger partial charge in [0.1, 0.15) is 81.7 Å². The minimum Gasteiger partial charge on any atom is -0.508 e. The molecule has 0 bridgehead atoms. The van der Waals surface area contributed by atoms with Crippen molar-refractivity contribution in [1.82, 2.24) is 0 Å². The number of carbonyl (C=O) groups is 5. The SMILES string of the molecule is CC(O)CC(=O)O[C@H](C)Cc1cc(O)cc(O)c1C(=O)O[C@H](C)CC(=O)OC(C)Cc1cc(O)cc(O)c1C(=O)OC(C)CC1Cc2cc(O)cc(O)c2C(=O)O1. The first-order valence-electron chi connectivity index (χ1n) is 18.0. The van der Waals surface area contributed by atoms with Crippen molar-refractivity contribution < 1.29 is 83.4 Å². The van der Waals surface area contributed by atoms with E-state index < -0.39 is 95.9 Å². The van der Waals surface area contributed by atoms with Crippen molar-refractivity contribution in [2.75, 3.05) is 0 Å². The van der Waals surface area contributed by atoms with Crippen LogP contribution in [0.5, 0.6) is 34.5 Å². The molecule has 6 atom stereocenters. The Morgan fingerprint density at radius 2 is 1.09 bits per heavy atom. The van der Waals surface area contributed by atoms with Crippen molar-refractivity contribution in [3.63, 3.8) is 0 Å². The van der Waals surface area contributed by atoms with E-state index in [1.807, 2.05) is 0 Å². The first-order valence-corrected chi connectivity index (χ1v) is 18.0. The lowest BCUT2D eigenvalue weighted by Crippen LogP contribution is -2.32. The molecule has 0 saturated heterocycles. The third-order valence-electron chi connectivity index (χ3n) is 8.69. The molecule has 17 nitrogen and oxygen atoms in total. The van der Waals surface area contributed by atoms with E-state index >= 15 is 0 Å². The highest BCUT2D eigenvalue weighted by Crippen LogP contribution is 2.35. The predicted octanol–water partition coefficient (Wildman–Crippen LogP) is 3.99. The van der Waals surface area contributed by atoms with Gasteiger partial charge in [-0.15, -0.1) is 0 Å². The van der Waals surface area contributed by atoms with Crippen molar-refractivity contribution in [2.45, 2.75) is 110 Å². The number of ether oxygens (including phenoxy) is 5. The van der Waals surface area contributed by atoms with E-state index in [0.717, 1.165) is 18.2 Å². The van der Waals surface area contributed by atoms with Gasteiger partial charge in [0.15, 0.2) is 0 Å². The van der Waals surface area contributed by atoms with Crippen LogP contribution in [0.1, 0.15) is 102 Å². The number of aromatic hydroxyl groups is 6. The highest BCUT2D eigenvalue weighted by Gasteiger charge is 2.32. The van der Waals surface area contributed by atoms with Crippen LogP contribution in [0.4, 0.5) is 0 Å². The van der Waals surface area contributed by atoms with Crippen LogP contribution in [0, 0.1) is 0 Å². The highest BCUT2D eigenvalue weighted by atomic mass is 16.6. The number of carbonyl (C=O) groups excluding carboxylic acids is 5. The van der Waals surface area contributed by atoms with Gasteiger partial charge in [0.2, 0.25) is 0 Å². The zero-order chi connectivity index (χ0) is 42.3. The van der Waals surface area contributed by atoms with Gasteiger partial charge < -0.3 is 59.4 Å². The number of aliphatic hydroxyl groups is 1. The standard InChI is InChI=1S/C40H46O17/c1-18(41)6-33(48)53-19(2)7-23-11-26(42)16-31(46)36(23)39(51)56-22(5)10-34(49)54-20(3)8-24-12-27(43)15-30(45)35(24)38(50)55-21(4)9-29-14-25-13-28(44)17-32(47)37(25)40(52)57-29/h11-13,15-22,29,41-47H,6-10,14H2,1-5H3/t18?,19-,20?,21?,22-,29?/m1/s1. The second kappa shape index (κ2) is 18.6. The second-order valence-electron chi connectivity index (χ2n) is 14.2. The molecule has 3 aromatic carbocycles. The van der Waals surface area contributed by atoms with Crippen molar-refractivity contribution in [1.29, 1.82) is 0 Å². The molecule has 1 aliphatic heterocycles. The fourth-order valence-corrected chi connectivity index (χ4v) is 6.49. The fourth-order valence-electron chi connectivity index (χ4n) is 6.49. The Morgan fingerprint density at radius 1 is 0.632 bits per heavy atom. The Labute approximate surface area is 327 Å². The van der Waals surface area contributed by atoms with Crippen molar-refractivity contribution in [3.05, 3.63) is 69.8 Å². The maximum atomic E-state index is 13.3. The molecule has 4 unspecified atom stereocenters. The van der Waals surface area contributed by atoms with Gasteiger partial charge in [0.25, 0.3) is 0 Å². The third kappa shape index (κ3) is 11.9. The molecular weight excluding hydrogens is 752 g/mol. The Kier molecular flexibility index (Phi) is 14.2. The molecular formula is C40H46O17. The molecule has 17 heteroatoms. The van der Waals surface area contributed by atoms with Gasteiger partial charge in [-0.2, -0.15) is 0 Å². The monoisotopic (exact) mass is 798 g/mol. The van der Waals surface area contributed by atoms with E-state index in [4.69, 9.17) is 23.7 Å². The van der Waals surface area contributed by atoms with Crippen LogP contribution in [0.25, 0.3) is 0 Å². The molecule has 1 aliphatic rings. The average Bonchev–Trinajstić information content (AvgIpc) is 3.02. The van der Waals surface area contributed by atoms with Gasteiger partial charge in [-0.1, -0.05) is 0 Å². The lowest BCUT2D eigenvalue weighted by Gasteiger charge is -2.27. The fraction of sp³-hybridized carbons (Fsp3) is 0.425. The van der Waals surface area contributed by atoms with Gasteiger partial charge in [-0.05, 0) is 69.5 Å². The van der Waals surface area contributed by atoms with E-state index in [2.05, 4.69) is 0 Å². The Morgan fingerprint density at radius 3 is 1.60 bits per heavy atom. The summed E-state index contributed by atoms with van der Waals surface area (Å²) in [4.78, 5) is 63.9. The number of cyclic esters (lactones) is 1. The molecule has 308 valence electrons. The summed E-state index contributed by atoms with van der Waals surface area (Å²) in [6.45, 7) is 7.33. The Balaban J connectivity index is 1.35. The number of fused-ring (bicyclic) bond motifs is 1. The van der Waals surface area contributed by atoms with E-state index in [1.54, 1.807) is 0 Å².